The summed E-state index contributed by atoms with van der Waals surface area (Å²) < 4.78 is 22.0. The van der Waals surface area contributed by atoms with Gasteiger partial charge in [0.1, 0.15) is 11.9 Å². The number of aliphatic hydroxyl groups excluding tert-OH is 1. The van der Waals surface area contributed by atoms with Crippen LogP contribution in [0, 0.1) is 0 Å². The maximum absolute atomic E-state index is 9.50. The molecule has 0 aromatic heterocycles. The van der Waals surface area contributed by atoms with Gasteiger partial charge in [-0.3, -0.25) is 0 Å². The second kappa shape index (κ2) is 10.3. The van der Waals surface area contributed by atoms with Crippen molar-refractivity contribution in [2.75, 3.05) is 27.4 Å². The number of methoxy groups -OCH3 is 2. The van der Waals surface area contributed by atoms with Gasteiger partial charge in [-0.15, -0.1) is 0 Å². The minimum absolute atomic E-state index is 0.0188. The van der Waals surface area contributed by atoms with E-state index in [0.717, 1.165) is 18.6 Å². The predicted octanol–water partition coefficient (Wildman–Crippen LogP) is 3.04. The Hall–Kier alpha value is -1.46. The lowest BCUT2D eigenvalue weighted by molar-refractivity contribution is 0.103. The Morgan fingerprint density at radius 2 is 1.91 bits per heavy atom. The third kappa shape index (κ3) is 6.54. The van der Waals surface area contributed by atoms with Crippen LogP contribution in [0.5, 0.6) is 17.2 Å². The zero-order valence-corrected chi connectivity index (χ0v) is 14.0. The summed E-state index contributed by atoms with van der Waals surface area (Å²) in [7, 11) is 3.28. The van der Waals surface area contributed by atoms with Crippen LogP contribution in [0.2, 0.25) is 0 Å². The van der Waals surface area contributed by atoms with Crippen molar-refractivity contribution in [1.82, 2.24) is 0 Å². The molecule has 1 N–H and O–H groups in total. The molecule has 0 fully saturated rings. The maximum atomic E-state index is 9.50. The van der Waals surface area contributed by atoms with E-state index in [0.29, 0.717) is 31.1 Å². The van der Waals surface area contributed by atoms with Gasteiger partial charge in [0, 0.05) is 32.6 Å². The molecule has 2 atom stereocenters. The number of benzene rings is 1. The molecular formula is C17H28O5. The van der Waals surface area contributed by atoms with Crippen LogP contribution in [0.15, 0.2) is 18.2 Å². The molecule has 1 rings (SSSR count). The van der Waals surface area contributed by atoms with E-state index >= 15 is 0 Å². The lowest BCUT2D eigenvalue weighted by atomic mass is 10.1. The summed E-state index contributed by atoms with van der Waals surface area (Å²) in [5, 5.41) is 9.50. The molecular weight excluding hydrogens is 284 g/mol. The van der Waals surface area contributed by atoms with E-state index < -0.39 is 0 Å². The maximum Gasteiger partial charge on any atom is 0.164 e. The third-order valence-corrected chi connectivity index (χ3v) is 3.25. The summed E-state index contributed by atoms with van der Waals surface area (Å²) >= 11 is 0. The molecule has 1 aromatic rings. The van der Waals surface area contributed by atoms with Crippen molar-refractivity contribution in [2.45, 2.75) is 45.3 Å². The quantitative estimate of drug-likeness (QED) is 0.637. The molecule has 22 heavy (non-hydrogen) atoms. The Bertz CT molecular complexity index is 420. The minimum atomic E-state index is -0.382. The SMILES string of the molecule is CCC(CC(C)O)Oc1ccc(OC)c(OCCCOC)c1. The summed E-state index contributed by atoms with van der Waals surface area (Å²) in [6, 6.07) is 5.51. The normalized spacial score (nSPS) is 13.5. The average molecular weight is 312 g/mol. The first kappa shape index (κ1) is 18.6. The Labute approximate surface area is 133 Å². The van der Waals surface area contributed by atoms with Gasteiger partial charge >= 0.3 is 0 Å². The lowest BCUT2D eigenvalue weighted by Crippen LogP contribution is -2.21. The van der Waals surface area contributed by atoms with E-state index in [1.165, 1.54) is 0 Å². The van der Waals surface area contributed by atoms with Crippen molar-refractivity contribution in [1.29, 1.82) is 0 Å². The first-order valence-electron chi connectivity index (χ1n) is 7.75. The molecule has 2 unspecified atom stereocenters. The summed E-state index contributed by atoms with van der Waals surface area (Å²) in [5.41, 5.74) is 0. The van der Waals surface area contributed by atoms with Crippen molar-refractivity contribution in [2.24, 2.45) is 0 Å². The summed E-state index contributed by atoms with van der Waals surface area (Å²) in [6.07, 6.45) is 1.85. The number of hydrogen-bond donors (Lipinski definition) is 1. The van der Waals surface area contributed by atoms with Gasteiger partial charge in [0.05, 0.1) is 19.8 Å². The summed E-state index contributed by atoms with van der Waals surface area (Å²) in [5.74, 6) is 2.05. The van der Waals surface area contributed by atoms with Crippen molar-refractivity contribution in [3.63, 3.8) is 0 Å². The topological polar surface area (TPSA) is 57.2 Å². The monoisotopic (exact) mass is 312 g/mol. The highest BCUT2D eigenvalue weighted by atomic mass is 16.5. The molecule has 0 saturated heterocycles. The van der Waals surface area contributed by atoms with Gasteiger partial charge in [-0.1, -0.05) is 6.92 Å². The van der Waals surface area contributed by atoms with Crippen LogP contribution in [0.1, 0.15) is 33.1 Å². The minimum Gasteiger partial charge on any atom is -0.493 e. The van der Waals surface area contributed by atoms with Crippen molar-refractivity contribution in [3.05, 3.63) is 18.2 Å². The van der Waals surface area contributed by atoms with Gasteiger partial charge in [-0.25, -0.2) is 0 Å². The van der Waals surface area contributed by atoms with E-state index in [4.69, 9.17) is 18.9 Å². The highest BCUT2D eigenvalue weighted by Gasteiger charge is 2.13. The standard InChI is InChI=1S/C17H28O5/c1-5-14(11-13(2)18)22-15-7-8-16(20-4)17(12-15)21-10-6-9-19-3/h7-8,12-14,18H,5-6,9-11H2,1-4H3. The fraction of sp³-hybridized carbons (Fsp3) is 0.647. The highest BCUT2D eigenvalue weighted by molar-refractivity contribution is 5.45. The molecule has 0 spiro atoms. The number of aliphatic hydroxyl groups is 1. The molecule has 5 heteroatoms. The molecule has 126 valence electrons. The van der Waals surface area contributed by atoms with Gasteiger partial charge in [0.25, 0.3) is 0 Å². The molecule has 0 saturated carbocycles. The van der Waals surface area contributed by atoms with Crippen LogP contribution in [-0.2, 0) is 4.74 Å². The van der Waals surface area contributed by atoms with Gasteiger partial charge in [-0.2, -0.15) is 0 Å². The molecule has 0 aliphatic carbocycles. The molecule has 5 nitrogen and oxygen atoms in total. The third-order valence-electron chi connectivity index (χ3n) is 3.25. The Kier molecular flexibility index (Phi) is 8.70. The Morgan fingerprint density at radius 1 is 1.14 bits per heavy atom. The first-order valence-corrected chi connectivity index (χ1v) is 7.75. The van der Waals surface area contributed by atoms with E-state index in [2.05, 4.69) is 0 Å². The number of hydrogen-bond acceptors (Lipinski definition) is 5. The largest absolute Gasteiger partial charge is 0.493 e. The van der Waals surface area contributed by atoms with Crippen molar-refractivity contribution in [3.8, 4) is 17.2 Å². The Morgan fingerprint density at radius 3 is 2.50 bits per heavy atom. The second-order valence-electron chi connectivity index (χ2n) is 5.24. The fourth-order valence-electron chi connectivity index (χ4n) is 2.10. The van der Waals surface area contributed by atoms with E-state index in [1.54, 1.807) is 21.1 Å². The van der Waals surface area contributed by atoms with E-state index in [1.807, 2.05) is 25.1 Å². The summed E-state index contributed by atoms with van der Waals surface area (Å²) in [6.45, 7) is 5.02. The van der Waals surface area contributed by atoms with Gasteiger partial charge in [0.15, 0.2) is 11.5 Å². The molecule has 0 amide bonds. The van der Waals surface area contributed by atoms with Gasteiger partial charge < -0.3 is 24.1 Å². The summed E-state index contributed by atoms with van der Waals surface area (Å²) in [4.78, 5) is 0. The fourth-order valence-corrected chi connectivity index (χ4v) is 2.10. The second-order valence-corrected chi connectivity index (χ2v) is 5.24. The molecule has 0 aliphatic rings. The first-order chi connectivity index (χ1) is 10.6. The van der Waals surface area contributed by atoms with Crippen LogP contribution in [0.4, 0.5) is 0 Å². The van der Waals surface area contributed by atoms with Crippen molar-refractivity contribution < 1.29 is 24.1 Å². The zero-order valence-electron chi connectivity index (χ0n) is 14.0. The molecule has 0 aliphatic heterocycles. The number of rotatable bonds is 11. The lowest BCUT2D eigenvalue weighted by Gasteiger charge is -2.20. The van der Waals surface area contributed by atoms with Gasteiger partial charge in [-0.05, 0) is 25.5 Å². The number of ether oxygens (including phenoxy) is 4. The predicted molar refractivity (Wildman–Crippen MR) is 86.0 cm³/mol. The smallest absolute Gasteiger partial charge is 0.164 e. The molecule has 0 bridgehead atoms. The van der Waals surface area contributed by atoms with Crippen LogP contribution in [-0.4, -0.2) is 44.7 Å². The van der Waals surface area contributed by atoms with Crippen LogP contribution >= 0.6 is 0 Å². The van der Waals surface area contributed by atoms with Crippen LogP contribution in [0.3, 0.4) is 0 Å². The van der Waals surface area contributed by atoms with Crippen molar-refractivity contribution >= 4 is 0 Å². The van der Waals surface area contributed by atoms with Gasteiger partial charge in [0.2, 0.25) is 0 Å². The molecule has 1 aromatic carbocycles. The highest BCUT2D eigenvalue weighted by Crippen LogP contribution is 2.32. The zero-order chi connectivity index (χ0) is 16.4. The Balaban J connectivity index is 2.71. The molecule has 0 radical (unpaired) electrons. The van der Waals surface area contributed by atoms with Crippen LogP contribution < -0.4 is 14.2 Å². The van der Waals surface area contributed by atoms with E-state index in [9.17, 15) is 5.11 Å². The van der Waals surface area contributed by atoms with Crippen LogP contribution in [0.25, 0.3) is 0 Å². The van der Waals surface area contributed by atoms with E-state index in [-0.39, 0.29) is 12.2 Å². The molecule has 0 heterocycles. The average Bonchev–Trinajstić information content (AvgIpc) is 2.50.